The zero-order valence-electron chi connectivity index (χ0n) is 10.6. The number of carbonyl (C=O) groups is 1. The zero-order chi connectivity index (χ0) is 12.8. The van der Waals surface area contributed by atoms with Crippen LogP contribution in [0.4, 0.5) is 5.69 Å². The number of carbonyl (C=O) groups excluding carboxylic acids is 1. The molecule has 98 valence electrons. The first-order valence-corrected chi connectivity index (χ1v) is 7.59. The highest BCUT2D eigenvalue weighted by molar-refractivity contribution is 9.10. The first-order chi connectivity index (χ1) is 8.74. The SMILES string of the molecule is O=C(CC1CCCCCC1)Nc1ccc(Br)cc1. The predicted molar refractivity (Wildman–Crippen MR) is 78.6 cm³/mol. The minimum absolute atomic E-state index is 0.157. The second-order valence-electron chi connectivity index (χ2n) is 5.12. The lowest BCUT2D eigenvalue weighted by Crippen LogP contribution is -2.16. The van der Waals surface area contributed by atoms with Crippen molar-refractivity contribution in [3.63, 3.8) is 0 Å². The van der Waals surface area contributed by atoms with Crippen molar-refractivity contribution in [1.29, 1.82) is 0 Å². The third-order valence-corrected chi connectivity index (χ3v) is 4.11. The standard InChI is InChI=1S/C15H20BrNO/c16-13-7-9-14(10-8-13)17-15(18)11-12-5-3-1-2-4-6-12/h7-10,12H,1-6,11H2,(H,17,18). The van der Waals surface area contributed by atoms with E-state index in [0.29, 0.717) is 12.3 Å². The molecule has 0 aromatic heterocycles. The van der Waals surface area contributed by atoms with Crippen molar-refractivity contribution < 1.29 is 4.79 Å². The van der Waals surface area contributed by atoms with Crippen molar-refractivity contribution in [2.24, 2.45) is 5.92 Å². The molecule has 1 fully saturated rings. The molecule has 1 aliphatic rings. The van der Waals surface area contributed by atoms with E-state index in [0.717, 1.165) is 10.2 Å². The normalized spacial score (nSPS) is 17.2. The maximum Gasteiger partial charge on any atom is 0.224 e. The van der Waals surface area contributed by atoms with Gasteiger partial charge in [0.15, 0.2) is 0 Å². The van der Waals surface area contributed by atoms with Gasteiger partial charge in [-0.2, -0.15) is 0 Å². The second kappa shape index (κ2) is 6.93. The van der Waals surface area contributed by atoms with Gasteiger partial charge in [-0.25, -0.2) is 0 Å². The lowest BCUT2D eigenvalue weighted by Gasteiger charge is -2.13. The van der Waals surface area contributed by atoms with Crippen LogP contribution in [-0.2, 0) is 4.79 Å². The maximum atomic E-state index is 12.0. The summed E-state index contributed by atoms with van der Waals surface area (Å²) in [5.41, 5.74) is 0.886. The molecule has 1 aromatic carbocycles. The lowest BCUT2D eigenvalue weighted by atomic mass is 9.96. The minimum atomic E-state index is 0.157. The zero-order valence-corrected chi connectivity index (χ0v) is 12.2. The van der Waals surface area contributed by atoms with Crippen molar-refractivity contribution in [2.75, 3.05) is 5.32 Å². The Morgan fingerprint density at radius 1 is 1.11 bits per heavy atom. The first-order valence-electron chi connectivity index (χ1n) is 6.79. The van der Waals surface area contributed by atoms with Crippen molar-refractivity contribution in [2.45, 2.75) is 44.9 Å². The van der Waals surface area contributed by atoms with E-state index in [1.807, 2.05) is 24.3 Å². The van der Waals surface area contributed by atoms with E-state index in [-0.39, 0.29) is 5.91 Å². The Bertz CT molecular complexity index is 380. The van der Waals surface area contributed by atoms with Gasteiger partial charge in [-0.05, 0) is 43.0 Å². The molecule has 0 aliphatic heterocycles. The molecule has 1 aromatic rings. The highest BCUT2D eigenvalue weighted by Gasteiger charge is 2.15. The van der Waals surface area contributed by atoms with Gasteiger partial charge in [0, 0.05) is 16.6 Å². The Morgan fingerprint density at radius 2 is 1.72 bits per heavy atom. The Morgan fingerprint density at radius 3 is 2.33 bits per heavy atom. The van der Waals surface area contributed by atoms with Crippen LogP contribution >= 0.6 is 15.9 Å². The summed E-state index contributed by atoms with van der Waals surface area (Å²) >= 11 is 3.39. The number of anilines is 1. The summed E-state index contributed by atoms with van der Waals surface area (Å²) in [6, 6.07) is 7.74. The third kappa shape index (κ3) is 4.45. The van der Waals surface area contributed by atoms with Crippen LogP contribution in [0.2, 0.25) is 0 Å². The molecule has 1 saturated carbocycles. The molecule has 1 N–H and O–H groups in total. The fourth-order valence-electron chi connectivity index (χ4n) is 2.58. The van der Waals surface area contributed by atoms with Gasteiger partial charge in [-0.3, -0.25) is 4.79 Å². The van der Waals surface area contributed by atoms with Gasteiger partial charge >= 0.3 is 0 Å². The molecule has 0 spiro atoms. The molecule has 18 heavy (non-hydrogen) atoms. The predicted octanol–water partition coefficient (Wildman–Crippen LogP) is 4.75. The molecular weight excluding hydrogens is 290 g/mol. The highest BCUT2D eigenvalue weighted by atomic mass is 79.9. The van der Waals surface area contributed by atoms with E-state index in [4.69, 9.17) is 0 Å². The lowest BCUT2D eigenvalue weighted by molar-refractivity contribution is -0.117. The molecule has 2 nitrogen and oxygen atoms in total. The van der Waals surface area contributed by atoms with Gasteiger partial charge in [-0.15, -0.1) is 0 Å². The Kier molecular flexibility index (Phi) is 5.24. The van der Waals surface area contributed by atoms with E-state index in [1.54, 1.807) is 0 Å². The molecule has 0 bridgehead atoms. The summed E-state index contributed by atoms with van der Waals surface area (Å²) in [6.07, 6.45) is 8.36. The number of nitrogens with one attached hydrogen (secondary N) is 1. The molecule has 0 saturated heterocycles. The summed E-state index contributed by atoms with van der Waals surface area (Å²) in [6.45, 7) is 0. The molecule has 0 unspecified atom stereocenters. The van der Waals surface area contributed by atoms with Crippen LogP contribution in [0.1, 0.15) is 44.9 Å². The smallest absolute Gasteiger partial charge is 0.224 e. The van der Waals surface area contributed by atoms with Gasteiger partial charge in [-0.1, -0.05) is 41.6 Å². The Labute approximate surface area is 117 Å². The number of hydrogen-bond acceptors (Lipinski definition) is 1. The van der Waals surface area contributed by atoms with Gasteiger partial charge in [0.05, 0.1) is 0 Å². The van der Waals surface area contributed by atoms with Crippen LogP contribution in [0.3, 0.4) is 0 Å². The molecule has 1 amide bonds. The van der Waals surface area contributed by atoms with E-state index < -0.39 is 0 Å². The molecule has 2 rings (SSSR count). The molecule has 0 radical (unpaired) electrons. The molecular formula is C15H20BrNO. The van der Waals surface area contributed by atoms with Gasteiger partial charge in [0.25, 0.3) is 0 Å². The summed E-state index contributed by atoms with van der Waals surface area (Å²) in [5, 5.41) is 2.98. The molecule has 3 heteroatoms. The molecule has 1 aliphatic carbocycles. The average molecular weight is 310 g/mol. The third-order valence-electron chi connectivity index (χ3n) is 3.58. The van der Waals surface area contributed by atoms with Crippen LogP contribution in [0.25, 0.3) is 0 Å². The van der Waals surface area contributed by atoms with Crippen LogP contribution < -0.4 is 5.32 Å². The number of rotatable bonds is 3. The number of amides is 1. The minimum Gasteiger partial charge on any atom is -0.326 e. The quantitative estimate of drug-likeness (QED) is 0.802. The van der Waals surface area contributed by atoms with Gasteiger partial charge in [0.1, 0.15) is 0 Å². The summed E-state index contributed by atoms with van der Waals surface area (Å²) in [7, 11) is 0. The molecule has 0 atom stereocenters. The van der Waals surface area contributed by atoms with Crippen LogP contribution in [0.15, 0.2) is 28.7 Å². The number of hydrogen-bond donors (Lipinski definition) is 1. The molecule has 0 heterocycles. The monoisotopic (exact) mass is 309 g/mol. The summed E-state index contributed by atoms with van der Waals surface area (Å²) in [5.74, 6) is 0.743. The maximum absolute atomic E-state index is 12.0. The van der Waals surface area contributed by atoms with Crippen LogP contribution in [0.5, 0.6) is 0 Å². The van der Waals surface area contributed by atoms with Gasteiger partial charge in [0.2, 0.25) is 5.91 Å². The average Bonchev–Trinajstić information content (AvgIpc) is 2.61. The van der Waals surface area contributed by atoms with Crippen molar-refractivity contribution >= 4 is 27.5 Å². The Hall–Kier alpha value is -0.830. The fourth-order valence-corrected chi connectivity index (χ4v) is 2.84. The van der Waals surface area contributed by atoms with E-state index in [1.165, 1.54) is 38.5 Å². The van der Waals surface area contributed by atoms with Gasteiger partial charge < -0.3 is 5.32 Å². The van der Waals surface area contributed by atoms with Crippen molar-refractivity contribution in [3.8, 4) is 0 Å². The van der Waals surface area contributed by atoms with Crippen LogP contribution in [-0.4, -0.2) is 5.91 Å². The highest BCUT2D eigenvalue weighted by Crippen LogP contribution is 2.25. The summed E-state index contributed by atoms with van der Waals surface area (Å²) in [4.78, 5) is 12.0. The van der Waals surface area contributed by atoms with E-state index >= 15 is 0 Å². The fraction of sp³-hybridized carbons (Fsp3) is 0.533. The van der Waals surface area contributed by atoms with Crippen LogP contribution in [0, 0.1) is 5.92 Å². The Balaban J connectivity index is 1.82. The van der Waals surface area contributed by atoms with Crippen molar-refractivity contribution in [1.82, 2.24) is 0 Å². The topological polar surface area (TPSA) is 29.1 Å². The van der Waals surface area contributed by atoms with E-state index in [9.17, 15) is 4.79 Å². The summed E-state index contributed by atoms with van der Waals surface area (Å²) < 4.78 is 1.03. The number of benzene rings is 1. The first kappa shape index (κ1) is 13.6. The number of halogens is 1. The van der Waals surface area contributed by atoms with Crippen molar-refractivity contribution in [3.05, 3.63) is 28.7 Å². The largest absolute Gasteiger partial charge is 0.326 e. The van der Waals surface area contributed by atoms with E-state index in [2.05, 4.69) is 21.2 Å². The second-order valence-corrected chi connectivity index (χ2v) is 6.03.